The van der Waals surface area contributed by atoms with Crippen molar-refractivity contribution >= 4 is 23.3 Å². The van der Waals surface area contributed by atoms with Crippen LogP contribution in [0.2, 0.25) is 0 Å². The highest BCUT2D eigenvalue weighted by atomic mass is 16.6. The normalized spacial score (nSPS) is 11.7. The van der Waals surface area contributed by atoms with Crippen LogP contribution in [0.4, 0.5) is 17.1 Å². The Morgan fingerprint density at radius 1 is 1.26 bits per heavy atom. The lowest BCUT2D eigenvalue weighted by Gasteiger charge is -2.10. The Bertz CT molecular complexity index is 698. The number of nitro benzene ring substituents is 1. The van der Waals surface area contributed by atoms with E-state index in [1.54, 1.807) is 31.2 Å². The van der Waals surface area contributed by atoms with Crippen LogP contribution in [0.25, 0.3) is 0 Å². The number of nitro groups is 1. The Hall–Kier alpha value is -2.73. The van der Waals surface area contributed by atoms with Crippen LogP contribution < -0.4 is 5.32 Å². The van der Waals surface area contributed by atoms with Gasteiger partial charge in [0.2, 0.25) is 0 Å². The van der Waals surface area contributed by atoms with Gasteiger partial charge in [-0.25, -0.2) is 0 Å². The maximum absolute atomic E-state index is 11.3. The number of carbonyl (C=O) groups is 1. The van der Waals surface area contributed by atoms with Crippen molar-refractivity contribution in [1.29, 1.82) is 0 Å². The standard InChI is InChI=1S/C17H18N2O4/c1-12(11-21)14-4-7-16(17(10-14)19(22)23)18-15-5-2-13(3-6-15)8-9-20/h2-7,10-12,18,20H,8-9H2,1H3. The molecule has 6 heteroatoms. The van der Waals surface area contributed by atoms with E-state index < -0.39 is 4.92 Å². The largest absolute Gasteiger partial charge is 0.396 e. The van der Waals surface area contributed by atoms with Crippen molar-refractivity contribution in [3.63, 3.8) is 0 Å². The van der Waals surface area contributed by atoms with Gasteiger partial charge in [-0.1, -0.05) is 25.1 Å². The van der Waals surface area contributed by atoms with Gasteiger partial charge in [0, 0.05) is 24.3 Å². The number of rotatable bonds is 7. The highest BCUT2D eigenvalue weighted by molar-refractivity contribution is 5.72. The van der Waals surface area contributed by atoms with Crippen LogP contribution >= 0.6 is 0 Å². The minimum Gasteiger partial charge on any atom is -0.396 e. The summed E-state index contributed by atoms with van der Waals surface area (Å²) < 4.78 is 0. The molecule has 0 fully saturated rings. The van der Waals surface area contributed by atoms with Gasteiger partial charge in [-0.3, -0.25) is 10.1 Å². The second-order valence-corrected chi connectivity index (χ2v) is 5.25. The molecule has 2 aromatic carbocycles. The highest BCUT2D eigenvalue weighted by Crippen LogP contribution is 2.30. The topological polar surface area (TPSA) is 92.5 Å². The monoisotopic (exact) mass is 314 g/mol. The molecule has 1 atom stereocenters. The third-order valence-corrected chi connectivity index (χ3v) is 3.58. The third-order valence-electron chi connectivity index (χ3n) is 3.58. The van der Waals surface area contributed by atoms with Crippen LogP contribution in [0.15, 0.2) is 42.5 Å². The molecule has 2 rings (SSSR count). The summed E-state index contributed by atoms with van der Waals surface area (Å²) in [6.07, 6.45) is 1.32. The van der Waals surface area contributed by atoms with Gasteiger partial charge in [0.25, 0.3) is 5.69 Å². The number of nitrogens with one attached hydrogen (secondary N) is 1. The molecule has 0 saturated carbocycles. The van der Waals surface area contributed by atoms with Crippen molar-refractivity contribution in [2.45, 2.75) is 19.3 Å². The number of carbonyl (C=O) groups excluding carboxylic acids is 1. The zero-order valence-electron chi connectivity index (χ0n) is 12.7. The highest BCUT2D eigenvalue weighted by Gasteiger charge is 2.17. The first kappa shape index (κ1) is 16.6. The summed E-state index contributed by atoms with van der Waals surface area (Å²) in [6.45, 7) is 1.77. The molecule has 0 amide bonds. The first-order chi connectivity index (χ1) is 11.0. The SMILES string of the molecule is CC(C=O)c1ccc(Nc2ccc(CCO)cc2)c([N+](=O)[O-])c1. The van der Waals surface area contributed by atoms with Gasteiger partial charge in [0.15, 0.2) is 0 Å². The summed E-state index contributed by atoms with van der Waals surface area (Å²) in [5.74, 6) is -0.388. The number of hydrogen-bond acceptors (Lipinski definition) is 5. The first-order valence-electron chi connectivity index (χ1n) is 7.25. The number of aliphatic hydroxyl groups is 1. The molecule has 6 nitrogen and oxygen atoms in total. The molecule has 0 aromatic heterocycles. The van der Waals surface area contributed by atoms with Gasteiger partial charge in [-0.15, -0.1) is 0 Å². The number of anilines is 2. The molecule has 0 aliphatic carbocycles. The lowest BCUT2D eigenvalue weighted by molar-refractivity contribution is -0.384. The number of hydrogen-bond donors (Lipinski definition) is 2. The van der Waals surface area contributed by atoms with Crippen LogP contribution in [0.3, 0.4) is 0 Å². The Morgan fingerprint density at radius 2 is 1.96 bits per heavy atom. The van der Waals surface area contributed by atoms with Crippen molar-refractivity contribution < 1.29 is 14.8 Å². The minimum absolute atomic E-state index is 0.0735. The van der Waals surface area contributed by atoms with Crippen LogP contribution in [0, 0.1) is 10.1 Å². The first-order valence-corrected chi connectivity index (χ1v) is 7.25. The lowest BCUT2D eigenvalue weighted by Crippen LogP contribution is -2.01. The van der Waals surface area contributed by atoms with Crippen molar-refractivity contribution in [3.8, 4) is 0 Å². The number of benzene rings is 2. The van der Waals surface area contributed by atoms with Crippen LogP contribution in [0.5, 0.6) is 0 Å². The average Bonchev–Trinajstić information content (AvgIpc) is 2.56. The average molecular weight is 314 g/mol. The molecule has 2 N–H and O–H groups in total. The summed E-state index contributed by atoms with van der Waals surface area (Å²) in [7, 11) is 0. The summed E-state index contributed by atoms with van der Waals surface area (Å²) in [4.78, 5) is 21.6. The lowest BCUT2D eigenvalue weighted by atomic mass is 10.0. The summed E-state index contributed by atoms with van der Waals surface area (Å²) >= 11 is 0. The molecule has 0 aliphatic heterocycles. The maximum atomic E-state index is 11.3. The molecule has 0 radical (unpaired) electrons. The number of aldehydes is 1. The molecule has 0 spiro atoms. The third kappa shape index (κ3) is 4.14. The summed E-state index contributed by atoms with van der Waals surface area (Å²) in [6, 6.07) is 12.0. The van der Waals surface area contributed by atoms with E-state index in [0.29, 0.717) is 23.4 Å². The fraction of sp³-hybridized carbons (Fsp3) is 0.235. The molecule has 2 aromatic rings. The van der Waals surface area contributed by atoms with E-state index >= 15 is 0 Å². The number of aliphatic hydroxyl groups excluding tert-OH is 1. The van der Waals surface area contributed by atoms with Gasteiger partial charge in [-0.05, 0) is 35.7 Å². The van der Waals surface area contributed by atoms with E-state index in [9.17, 15) is 14.9 Å². The zero-order chi connectivity index (χ0) is 16.8. The second kappa shape index (κ2) is 7.51. The van der Waals surface area contributed by atoms with Crippen LogP contribution in [-0.2, 0) is 11.2 Å². The fourth-order valence-electron chi connectivity index (χ4n) is 2.21. The van der Waals surface area contributed by atoms with Gasteiger partial charge in [0.1, 0.15) is 12.0 Å². The Balaban J connectivity index is 2.28. The molecule has 120 valence electrons. The van der Waals surface area contributed by atoms with E-state index in [2.05, 4.69) is 5.32 Å². The molecular weight excluding hydrogens is 296 g/mol. The maximum Gasteiger partial charge on any atom is 0.292 e. The summed E-state index contributed by atoms with van der Waals surface area (Å²) in [5, 5.41) is 23.2. The molecule has 0 bridgehead atoms. The molecule has 0 saturated heterocycles. The van der Waals surface area contributed by atoms with Crippen LogP contribution in [0.1, 0.15) is 24.0 Å². The van der Waals surface area contributed by atoms with Crippen LogP contribution in [-0.4, -0.2) is 22.9 Å². The van der Waals surface area contributed by atoms with Crippen molar-refractivity contribution in [1.82, 2.24) is 0 Å². The molecular formula is C17H18N2O4. The predicted octanol–water partition coefficient (Wildman–Crippen LogP) is 3.18. The Labute approximate surface area is 133 Å². The van der Waals surface area contributed by atoms with Gasteiger partial charge in [-0.2, -0.15) is 0 Å². The van der Waals surface area contributed by atoms with E-state index in [1.165, 1.54) is 6.07 Å². The van der Waals surface area contributed by atoms with E-state index in [1.807, 2.05) is 12.1 Å². The van der Waals surface area contributed by atoms with Gasteiger partial charge >= 0.3 is 0 Å². The molecule has 23 heavy (non-hydrogen) atoms. The minimum atomic E-state index is -0.469. The van der Waals surface area contributed by atoms with Gasteiger partial charge < -0.3 is 15.2 Å². The molecule has 0 heterocycles. The number of nitrogens with zero attached hydrogens (tertiary/aromatic N) is 1. The Morgan fingerprint density at radius 3 is 2.52 bits per heavy atom. The molecule has 1 unspecified atom stereocenters. The van der Waals surface area contributed by atoms with E-state index in [0.717, 1.165) is 11.8 Å². The smallest absolute Gasteiger partial charge is 0.292 e. The quantitative estimate of drug-likeness (QED) is 0.465. The van der Waals surface area contributed by atoms with Crippen molar-refractivity contribution in [2.75, 3.05) is 11.9 Å². The molecule has 0 aliphatic rings. The predicted molar refractivity (Wildman–Crippen MR) is 88.1 cm³/mol. The fourth-order valence-corrected chi connectivity index (χ4v) is 2.21. The summed E-state index contributed by atoms with van der Waals surface area (Å²) in [5.41, 5.74) is 2.60. The van der Waals surface area contributed by atoms with E-state index in [4.69, 9.17) is 5.11 Å². The van der Waals surface area contributed by atoms with Crippen molar-refractivity contribution in [3.05, 3.63) is 63.7 Å². The van der Waals surface area contributed by atoms with E-state index in [-0.39, 0.29) is 18.2 Å². The second-order valence-electron chi connectivity index (χ2n) is 5.25. The van der Waals surface area contributed by atoms with Gasteiger partial charge in [0.05, 0.1) is 4.92 Å². The Kier molecular flexibility index (Phi) is 5.43. The van der Waals surface area contributed by atoms with Crippen molar-refractivity contribution in [2.24, 2.45) is 0 Å². The zero-order valence-corrected chi connectivity index (χ0v) is 12.7.